The van der Waals surface area contributed by atoms with Crippen LogP contribution in [-0.4, -0.2) is 23.2 Å². The quantitative estimate of drug-likeness (QED) is 0.266. The normalized spacial score (nSPS) is 10.2. The number of carbonyl (C=O) groups is 2. The van der Waals surface area contributed by atoms with Crippen LogP contribution in [0.5, 0.6) is 0 Å². The van der Waals surface area contributed by atoms with E-state index in [1.165, 1.54) is 0 Å². The lowest BCUT2D eigenvalue weighted by molar-refractivity contribution is -0.146. The van der Waals surface area contributed by atoms with Crippen molar-refractivity contribution in [2.24, 2.45) is 5.16 Å². The molecule has 0 heterocycles. The van der Waals surface area contributed by atoms with Crippen LogP contribution in [0.15, 0.2) is 35.5 Å². The van der Waals surface area contributed by atoms with Gasteiger partial charge in [-0.1, -0.05) is 35.5 Å². The Kier molecular flexibility index (Phi) is 4.72. The molecule has 5 nitrogen and oxygen atoms in total. The zero-order chi connectivity index (χ0) is 11.8. The summed E-state index contributed by atoms with van der Waals surface area (Å²) in [6, 6.07) is 9.13. The highest BCUT2D eigenvalue weighted by atomic mass is 16.5. The molecule has 0 saturated heterocycles. The molecule has 0 amide bonds. The number of Topliss-reactive ketones (excluding diaryl/α,β-unsaturated/α-hetero) is 1. The predicted molar refractivity (Wildman–Crippen MR) is 56.1 cm³/mol. The van der Waals surface area contributed by atoms with E-state index in [9.17, 15) is 9.59 Å². The SMILES string of the molecule is O=C(C=NO)CC(=O)OCc1ccccc1. The van der Waals surface area contributed by atoms with Gasteiger partial charge in [0.15, 0.2) is 5.78 Å². The second kappa shape index (κ2) is 6.34. The first-order valence-corrected chi connectivity index (χ1v) is 4.62. The molecule has 5 heteroatoms. The first-order valence-electron chi connectivity index (χ1n) is 4.62. The molecule has 1 rings (SSSR count). The average Bonchev–Trinajstić information content (AvgIpc) is 2.28. The van der Waals surface area contributed by atoms with Crippen molar-refractivity contribution in [1.82, 2.24) is 0 Å². The van der Waals surface area contributed by atoms with Crippen molar-refractivity contribution in [1.29, 1.82) is 0 Å². The molecule has 0 unspecified atom stereocenters. The summed E-state index contributed by atoms with van der Waals surface area (Å²) in [7, 11) is 0. The van der Waals surface area contributed by atoms with E-state index in [2.05, 4.69) is 5.16 Å². The molecule has 84 valence electrons. The number of benzene rings is 1. The molecule has 0 fully saturated rings. The maximum absolute atomic E-state index is 11.1. The highest BCUT2D eigenvalue weighted by Gasteiger charge is 2.08. The monoisotopic (exact) mass is 221 g/mol. The number of esters is 1. The summed E-state index contributed by atoms with van der Waals surface area (Å²) in [4.78, 5) is 22.0. The molecule has 0 aromatic heterocycles. The third-order valence-electron chi connectivity index (χ3n) is 1.76. The minimum absolute atomic E-state index is 0.128. The van der Waals surface area contributed by atoms with E-state index in [0.29, 0.717) is 6.21 Å². The van der Waals surface area contributed by atoms with Gasteiger partial charge in [0, 0.05) is 0 Å². The molecule has 0 radical (unpaired) electrons. The summed E-state index contributed by atoms with van der Waals surface area (Å²) in [6.07, 6.45) is 0.251. The number of carbonyl (C=O) groups excluding carboxylic acids is 2. The Bertz CT molecular complexity index is 386. The first-order chi connectivity index (χ1) is 7.72. The third kappa shape index (κ3) is 4.36. The number of rotatable bonds is 5. The van der Waals surface area contributed by atoms with E-state index in [-0.39, 0.29) is 6.61 Å². The lowest BCUT2D eigenvalue weighted by Gasteiger charge is -2.02. The van der Waals surface area contributed by atoms with Gasteiger partial charge < -0.3 is 9.94 Å². The Morgan fingerprint density at radius 2 is 2.00 bits per heavy atom. The van der Waals surface area contributed by atoms with Gasteiger partial charge >= 0.3 is 5.97 Å². The van der Waals surface area contributed by atoms with Crippen LogP contribution in [0.2, 0.25) is 0 Å². The molecule has 16 heavy (non-hydrogen) atoms. The molecule has 1 aromatic rings. The molecular formula is C11H11NO4. The molecule has 0 aliphatic rings. The van der Waals surface area contributed by atoms with Gasteiger partial charge in [0.05, 0.1) is 0 Å². The molecule has 0 bridgehead atoms. The summed E-state index contributed by atoms with van der Waals surface area (Å²) in [6.45, 7) is 0.128. The van der Waals surface area contributed by atoms with Crippen molar-refractivity contribution in [2.75, 3.05) is 0 Å². The number of nitrogens with zero attached hydrogens (tertiary/aromatic N) is 1. The molecule has 0 atom stereocenters. The predicted octanol–water partition coefficient (Wildman–Crippen LogP) is 1.15. The van der Waals surface area contributed by atoms with Crippen molar-refractivity contribution < 1.29 is 19.5 Å². The molecule has 1 aromatic carbocycles. The Morgan fingerprint density at radius 3 is 2.62 bits per heavy atom. The molecule has 0 saturated carbocycles. The molecule has 0 spiro atoms. The molecule has 0 aliphatic carbocycles. The summed E-state index contributed by atoms with van der Waals surface area (Å²) in [5.41, 5.74) is 0.846. The lowest BCUT2D eigenvalue weighted by Crippen LogP contribution is -2.11. The van der Waals surface area contributed by atoms with Gasteiger partial charge in [-0.2, -0.15) is 0 Å². The van der Waals surface area contributed by atoms with Crippen LogP contribution in [-0.2, 0) is 20.9 Å². The van der Waals surface area contributed by atoms with E-state index >= 15 is 0 Å². The van der Waals surface area contributed by atoms with E-state index in [1.54, 1.807) is 0 Å². The topological polar surface area (TPSA) is 76.0 Å². The van der Waals surface area contributed by atoms with E-state index in [1.807, 2.05) is 30.3 Å². The molecule has 0 aliphatic heterocycles. The van der Waals surface area contributed by atoms with Crippen molar-refractivity contribution in [2.45, 2.75) is 13.0 Å². The average molecular weight is 221 g/mol. The van der Waals surface area contributed by atoms with Gasteiger partial charge in [-0.15, -0.1) is 0 Å². The third-order valence-corrected chi connectivity index (χ3v) is 1.76. The van der Waals surface area contributed by atoms with Crippen LogP contribution < -0.4 is 0 Å². The van der Waals surface area contributed by atoms with Crippen LogP contribution in [0.3, 0.4) is 0 Å². The van der Waals surface area contributed by atoms with Gasteiger partial charge in [-0.3, -0.25) is 9.59 Å². The van der Waals surface area contributed by atoms with Crippen molar-refractivity contribution in [3.63, 3.8) is 0 Å². The summed E-state index contributed by atoms with van der Waals surface area (Å²) in [5, 5.41) is 10.6. The Morgan fingerprint density at radius 1 is 1.31 bits per heavy atom. The van der Waals surface area contributed by atoms with Gasteiger partial charge in [-0.25, -0.2) is 0 Å². The second-order valence-electron chi connectivity index (χ2n) is 3.03. The summed E-state index contributed by atoms with van der Waals surface area (Å²) >= 11 is 0. The zero-order valence-electron chi connectivity index (χ0n) is 8.50. The van der Waals surface area contributed by atoms with E-state index in [0.717, 1.165) is 5.56 Å². The largest absolute Gasteiger partial charge is 0.460 e. The summed E-state index contributed by atoms with van der Waals surface area (Å²) in [5.74, 6) is -1.24. The fourth-order valence-electron chi connectivity index (χ4n) is 1.04. The maximum Gasteiger partial charge on any atom is 0.314 e. The second-order valence-corrected chi connectivity index (χ2v) is 3.03. The van der Waals surface area contributed by atoms with Crippen LogP contribution in [0.4, 0.5) is 0 Å². The van der Waals surface area contributed by atoms with Gasteiger partial charge in [0.25, 0.3) is 0 Å². The smallest absolute Gasteiger partial charge is 0.314 e. The zero-order valence-corrected chi connectivity index (χ0v) is 8.50. The Hall–Kier alpha value is -2.17. The fraction of sp³-hybridized carbons (Fsp3) is 0.182. The maximum atomic E-state index is 11.1. The van der Waals surface area contributed by atoms with Crippen LogP contribution in [0, 0.1) is 0 Å². The highest BCUT2D eigenvalue weighted by Crippen LogP contribution is 2.01. The minimum Gasteiger partial charge on any atom is -0.460 e. The minimum atomic E-state index is -0.645. The highest BCUT2D eigenvalue weighted by molar-refractivity contribution is 6.31. The van der Waals surface area contributed by atoms with Crippen LogP contribution >= 0.6 is 0 Å². The van der Waals surface area contributed by atoms with E-state index < -0.39 is 18.2 Å². The number of ketones is 1. The fourth-order valence-corrected chi connectivity index (χ4v) is 1.04. The van der Waals surface area contributed by atoms with Crippen LogP contribution in [0.1, 0.15) is 12.0 Å². The van der Waals surface area contributed by atoms with E-state index in [4.69, 9.17) is 9.94 Å². The standard InChI is InChI=1S/C11H11NO4/c13-10(7-12-15)6-11(14)16-8-9-4-2-1-3-5-9/h1-5,7,15H,6,8H2. The van der Waals surface area contributed by atoms with Crippen LogP contribution in [0.25, 0.3) is 0 Å². The molecular weight excluding hydrogens is 210 g/mol. The van der Waals surface area contributed by atoms with Crippen molar-refractivity contribution in [3.05, 3.63) is 35.9 Å². The van der Waals surface area contributed by atoms with Crippen molar-refractivity contribution in [3.8, 4) is 0 Å². The Balaban J connectivity index is 2.33. The van der Waals surface area contributed by atoms with Gasteiger partial charge in [0.2, 0.25) is 0 Å². The number of hydrogen-bond acceptors (Lipinski definition) is 5. The lowest BCUT2D eigenvalue weighted by atomic mass is 10.2. The number of oxime groups is 1. The first kappa shape index (κ1) is 11.9. The van der Waals surface area contributed by atoms with Crippen molar-refractivity contribution >= 4 is 18.0 Å². The Labute approximate surface area is 92.3 Å². The van der Waals surface area contributed by atoms with Gasteiger partial charge in [-0.05, 0) is 5.56 Å². The summed E-state index contributed by atoms with van der Waals surface area (Å²) < 4.78 is 4.84. The number of ether oxygens (including phenoxy) is 1. The van der Waals surface area contributed by atoms with Gasteiger partial charge in [0.1, 0.15) is 19.2 Å². The number of hydrogen-bond donors (Lipinski definition) is 1. The molecule has 1 N–H and O–H groups in total.